The maximum absolute atomic E-state index is 10.3. The molecule has 0 aromatic heterocycles. The molecule has 0 radical (unpaired) electrons. The maximum Gasteiger partial charge on any atom is 0.303 e. The van der Waals surface area contributed by atoms with Crippen LogP contribution in [0.15, 0.2) is 0 Å². The van der Waals surface area contributed by atoms with Gasteiger partial charge in [-0.3, -0.25) is 9.59 Å². The summed E-state index contributed by atoms with van der Waals surface area (Å²) in [6, 6.07) is 0. The van der Waals surface area contributed by atoms with Crippen LogP contribution in [0.5, 0.6) is 0 Å². The maximum atomic E-state index is 10.3. The van der Waals surface area contributed by atoms with Gasteiger partial charge in [0.25, 0.3) is 0 Å². The SMILES string of the molecule is CCCCCCCCCCCCCC(=O)O.CN(C)CC(N)=O. The zero-order valence-electron chi connectivity index (χ0n) is 15.5. The van der Waals surface area contributed by atoms with E-state index in [9.17, 15) is 9.59 Å². The van der Waals surface area contributed by atoms with Gasteiger partial charge in [0.1, 0.15) is 0 Å². The van der Waals surface area contributed by atoms with Crippen molar-refractivity contribution in [1.82, 2.24) is 4.90 Å². The fraction of sp³-hybridized carbons (Fsp3) is 0.889. The molecule has 0 bridgehead atoms. The summed E-state index contributed by atoms with van der Waals surface area (Å²) in [5.74, 6) is -0.944. The van der Waals surface area contributed by atoms with Crippen LogP contribution in [0.1, 0.15) is 84.0 Å². The standard InChI is InChI=1S/C14H28O2.C4H10N2O/c1-2-3-4-5-6-7-8-9-10-11-12-13-14(15)16;1-6(2)3-4(5)7/h2-13H2,1H3,(H,15,16);3H2,1-2H3,(H2,5,7). The highest BCUT2D eigenvalue weighted by molar-refractivity contribution is 5.75. The quantitative estimate of drug-likeness (QED) is 0.474. The number of carbonyl (C=O) groups is 2. The molecule has 0 atom stereocenters. The van der Waals surface area contributed by atoms with E-state index in [0.29, 0.717) is 13.0 Å². The van der Waals surface area contributed by atoms with Gasteiger partial charge >= 0.3 is 5.97 Å². The molecule has 3 N–H and O–H groups in total. The van der Waals surface area contributed by atoms with Gasteiger partial charge in [0.05, 0.1) is 6.54 Å². The van der Waals surface area contributed by atoms with Crippen molar-refractivity contribution >= 4 is 11.9 Å². The Hall–Kier alpha value is -1.10. The number of nitrogens with zero attached hydrogens (tertiary/aromatic N) is 1. The molecule has 138 valence electrons. The van der Waals surface area contributed by atoms with Gasteiger partial charge in [0, 0.05) is 6.42 Å². The number of hydrogen-bond acceptors (Lipinski definition) is 3. The average molecular weight is 331 g/mol. The van der Waals surface area contributed by atoms with E-state index in [2.05, 4.69) is 6.92 Å². The van der Waals surface area contributed by atoms with Gasteiger partial charge in [0.15, 0.2) is 0 Å². The molecule has 0 aromatic carbocycles. The number of hydrogen-bond donors (Lipinski definition) is 2. The molecule has 0 spiro atoms. The molecule has 1 amide bonds. The third-order valence-electron chi connectivity index (χ3n) is 3.47. The second-order valence-electron chi connectivity index (χ2n) is 6.38. The predicted octanol–water partition coefficient (Wildman–Crippen LogP) is 3.81. The number of carboxylic acid groups (broad SMARTS) is 1. The van der Waals surface area contributed by atoms with E-state index in [1.54, 1.807) is 19.0 Å². The second kappa shape index (κ2) is 18.9. The monoisotopic (exact) mass is 330 g/mol. The van der Waals surface area contributed by atoms with Crippen molar-refractivity contribution in [2.24, 2.45) is 5.73 Å². The first kappa shape index (κ1) is 24.2. The van der Waals surface area contributed by atoms with Gasteiger partial charge in [-0.05, 0) is 20.5 Å². The van der Waals surface area contributed by atoms with E-state index in [0.717, 1.165) is 12.8 Å². The predicted molar refractivity (Wildman–Crippen MR) is 96.5 cm³/mol. The molecule has 23 heavy (non-hydrogen) atoms. The minimum Gasteiger partial charge on any atom is -0.481 e. The normalized spacial score (nSPS) is 10.3. The Balaban J connectivity index is 0. The number of nitrogens with two attached hydrogens (primary N) is 1. The summed E-state index contributed by atoms with van der Waals surface area (Å²) >= 11 is 0. The zero-order chi connectivity index (χ0) is 17.9. The van der Waals surface area contributed by atoms with Crippen molar-refractivity contribution < 1.29 is 14.7 Å². The first-order valence-electron chi connectivity index (χ1n) is 9.05. The molecule has 0 rings (SSSR count). The van der Waals surface area contributed by atoms with Crippen molar-refractivity contribution in [2.75, 3.05) is 20.6 Å². The Kier molecular flexibility index (Phi) is 19.9. The highest BCUT2D eigenvalue weighted by Gasteiger charge is 1.96. The number of rotatable bonds is 14. The summed E-state index contributed by atoms with van der Waals surface area (Å²) in [4.78, 5) is 22.0. The summed E-state index contributed by atoms with van der Waals surface area (Å²) in [5, 5.41) is 8.46. The number of carbonyl (C=O) groups excluding carboxylic acids is 1. The summed E-state index contributed by atoms with van der Waals surface area (Å²) in [5.41, 5.74) is 4.81. The van der Waals surface area contributed by atoms with Gasteiger partial charge in [-0.2, -0.15) is 0 Å². The zero-order valence-corrected chi connectivity index (χ0v) is 15.5. The largest absolute Gasteiger partial charge is 0.481 e. The van der Waals surface area contributed by atoms with Crippen LogP contribution in [0.3, 0.4) is 0 Å². The van der Waals surface area contributed by atoms with Gasteiger partial charge in [-0.15, -0.1) is 0 Å². The van der Waals surface area contributed by atoms with Crippen LogP contribution in [0, 0.1) is 0 Å². The molecule has 0 aliphatic rings. The summed E-state index contributed by atoms with van der Waals surface area (Å²) in [6.07, 6.45) is 14.4. The van der Waals surface area contributed by atoms with Crippen molar-refractivity contribution in [1.29, 1.82) is 0 Å². The molecule has 0 unspecified atom stereocenters. The van der Waals surface area contributed by atoms with Crippen LogP contribution in [0.25, 0.3) is 0 Å². The number of carboxylic acids is 1. The summed E-state index contributed by atoms with van der Waals surface area (Å²) in [6.45, 7) is 2.58. The van der Waals surface area contributed by atoms with E-state index in [1.807, 2.05) is 0 Å². The third-order valence-corrected chi connectivity index (χ3v) is 3.47. The lowest BCUT2D eigenvalue weighted by atomic mass is 10.1. The van der Waals surface area contributed by atoms with Gasteiger partial charge in [-0.25, -0.2) is 0 Å². The van der Waals surface area contributed by atoms with Crippen molar-refractivity contribution in [2.45, 2.75) is 84.0 Å². The molecule has 5 heteroatoms. The first-order valence-corrected chi connectivity index (χ1v) is 9.05. The van der Waals surface area contributed by atoms with Crippen LogP contribution < -0.4 is 5.73 Å². The Morgan fingerprint density at radius 2 is 1.22 bits per heavy atom. The molecule has 0 aromatic rings. The Bertz CT molecular complexity index is 281. The van der Waals surface area contributed by atoms with E-state index in [-0.39, 0.29) is 5.91 Å². The minimum atomic E-state index is -0.657. The van der Waals surface area contributed by atoms with Gasteiger partial charge in [-0.1, -0.05) is 71.1 Å². The molecule has 0 saturated carbocycles. The van der Waals surface area contributed by atoms with Crippen LogP contribution in [0.4, 0.5) is 0 Å². The highest BCUT2D eigenvalue weighted by Crippen LogP contribution is 2.11. The van der Waals surface area contributed by atoms with Crippen molar-refractivity contribution in [3.8, 4) is 0 Å². The lowest BCUT2D eigenvalue weighted by Gasteiger charge is -2.02. The molecule has 5 nitrogen and oxygen atoms in total. The molecule has 0 heterocycles. The third kappa shape index (κ3) is 29.5. The van der Waals surface area contributed by atoms with Crippen LogP contribution in [0.2, 0.25) is 0 Å². The minimum absolute atomic E-state index is 0.287. The average Bonchev–Trinajstić information content (AvgIpc) is 2.43. The fourth-order valence-electron chi connectivity index (χ4n) is 2.25. The Morgan fingerprint density at radius 3 is 1.48 bits per heavy atom. The number of likely N-dealkylation sites (N-methyl/N-ethyl adjacent to an activating group) is 1. The molecule has 0 aliphatic carbocycles. The van der Waals surface area contributed by atoms with E-state index < -0.39 is 5.97 Å². The Morgan fingerprint density at radius 1 is 0.826 bits per heavy atom. The van der Waals surface area contributed by atoms with Gasteiger partial charge < -0.3 is 15.7 Å². The van der Waals surface area contributed by atoms with Crippen molar-refractivity contribution in [3.05, 3.63) is 0 Å². The highest BCUT2D eigenvalue weighted by atomic mass is 16.4. The smallest absolute Gasteiger partial charge is 0.303 e. The lowest BCUT2D eigenvalue weighted by Crippen LogP contribution is -2.27. The molecule has 0 saturated heterocycles. The van der Waals surface area contributed by atoms with Gasteiger partial charge in [0.2, 0.25) is 5.91 Å². The molecular weight excluding hydrogens is 292 g/mol. The van der Waals surface area contributed by atoms with E-state index in [4.69, 9.17) is 10.8 Å². The van der Waals surface area contributed by atoms with Crippen molar-refractivity contribution in [3.63, 3.8) is 0 Å². The number of unbranched alkanes of at least 4 members (excludes halogenated alkanes) is 10. The van der Waals surface area contributed by atoms with Crippen LogP contribution in [-0.4, -0.2) is 42.5 Å². The molecular formula is C18H38N2O3. The molecule has 0 fully saturated rings. The number of amides is 1. The Labute approximate surface area is 142 Å². The van der Waals surface area contributed by atoms with E-state index >= 15 is 0 Å². The number of primary amides is 1. The molecule has 0 aliphatic heterocycles. The van der Waals surface area contributed by atoms with E-state index in [1.165, 1.54) is 57.8 Å². The second-order valence-corrected chi connectivity index (χ2v) is 6.38. The number of aliphatic carboxylic acids is 1. The first-order chi connectivity index (χ1) is 10.9. The summed E-state index contributed by atoms with van der Waals surface area (Å²) in [7, 11) is 3.59. The summed E-state index contributed by atoms with van der Waals surface area (Å²) < 4.78 is 0. The van der Waals surface area contributed by atoms with Crippen LogP contribution >= 0.6 is 0 Å². The lowest BCUT2D eigenvalue weighted by molar-refractivity contribution is -0.137. The van der Waals surface area contributed by atoms with Crippen LogP contribution in [-0.2, 0) is 9.59 Å². The fourth-order valence-corrected chi connectivity index (χ4v) is 2.25. The topological polar surface area (TPSA) is 83.6 Å².